The van der Waals surface area contributed by atoms with Gasteiger partial charge in [-0.05, 0) is 30.5 Å². The summed E-state index contributed by atoms with van der Waals surface area (Å²) in [6, 6.07) is 20.6. The van der Waals surface area contributed by atoms with Gasteiger partial charge in [0.1, 0.15) is 5.25 Å². The molecule has 0 bridgehead atoms. The minimum atomic E-state index is -0.197. The second-order valence-corrected chi connectivity index (χ2v) is 7.60. The van der Waals surface area contributed by atoms with Gasteiger partial charge in [-0.25, -0.2) is 0 Å². The molecule has 0 heterocycles. The highest BCUT2D eigenvalue weighted by Gasteiger charge is 2.24. The maximum Gasteiger partial charge on any atom is 0.238 e. The van der Waals surface area contributed by atoms with Crippen molar-refractivity contribution in [2.24, 2.45) is 0 Å². The Morgan fingerprint density at radius 1 is 0.875 bits per heavy atom. The minimum Gasteiger partial charge on any atom is -0.352 e. The van der Waals surface area contributed by atoms with Crippen molar-refractivity contribution in [1.82, 2.24) is 5.32 Å². The second kappa shape index (κ2) is 8.93. The zero-order valence-corrected chi connectivity index (χ0v) is 14.8. The van der Waals surface area contributed by atoms with Gasteiger partial charge in [0.2, 0.25) is 5.91 Å². The van der Waals surface area contributed by atoms with Gasteiger partial charge in [-0.3, -0.25) is 4.79 Å². The summed E-state index contributed by atoms with van der Waals surface area (Å²) in [6.45, 7) is 0. The average Bonchev–Trinajstić information content (AvgIpc) is 2.90. The lowest BCUT2D eigenvalue weighted by Crippen LogP contribution is -2.37. The summed E-state index contributed by atoms with van der Waals surface area (Å²) in [5.74, 6) is 0.141. The van der Waals surface area contributed by atoms with Crippen molar-refractivity contribution >= 4 is 17.7 Å². The van der Waals surface area contributed by atoms with Crippen LogP contribution < -0.4 is 5.32 Å². The molecule has 126 valence electrons. The van der Waals surface area contributed by atoms with E-state index < -0.39 is 0 Å². The molecule has 1 amide bonds. The Balaban J connectivity index is 1.74. The van der Waals surface area contributed by atoms with Crippen LogP contribution in [0.5, 0.6) is 0 Å². The quantitative estimate of drug-likeness (QED) is 0.587. The fourth-order valence-corrected chi connectivity index (χ4v) is 4.29. The number of carbonyl (C=O) groups is 1. The summed E-state index contributed by atoms with van der Waals surface area (Å²) in [7, 11) is 0. The van der Waals surface area contributed by atoms with Crippen LogP contribution in [0.15, 0.2) is 65.6 Å². The standard InChI is InChI=1S/C21H25NOS/c23-21(22-18-13-7-1-2-8-14-18)20(17-11-5-3-6-12-17)24-19-15-9-4-10-16-19/h3-6,9-12,15-16,18,20H,1-2,7-8,13-14H2,(H,22,23)/t20-/m0/s1. The maximum atomic E-state index is 13.0. The van der Waals surface area contributed by atoms with Gasteiger partial charge in [0, 0.05) is 10.9 Å². The predicted octanol–water partition coefficient (Wildman–Crippen LogP) is 5.36. The van der Waals surface area contributed by atoms with Crippen LogP contribution in [-0.2, 0) is 4.79 Å². The van der Waals surface area contributed by atoms with Gasteiger partial charge < -0.3 is 5.32 Å². The molecule has 24 heavy (non-hydrogen) atoms. The lowest BCUT2D eigenvalue weighted by atomic mass is 10.1. The van der Waals surface area contributed by atoms with E-state index in [-0.39, 0.29) is 11.2 Å². The van der Waals surface area contributed by atoms with Crippen molar-refractivity contribution in [1.29, 1.82) is 0 Å². The topological polar surface area (TPSA) is 29.1 Å². The van der Waals surface area contributed by atoms with Gasteiger partial charge in [0.15, 0.2) is 0 Å². The zero-order valence-electron chi connectivity index (χ0n) is 14.0. The molecule has 1 aliphatic rings. The van der Waals surface area contributed by atoms with E-state index in [1.807, 2.05) is 48.5 Å². The number of rotatable bonds is 5. The smallest absolute Gasteiger partial charge is 0.238 e. The molecule has 0 unspecified atom stereocenters. The summed E-state index contributed by atoms with van der Waals surface area (Å²) < 4.78 is 0. The van der Waals surface area contributed by atoms with Crippen molar-refractivity contribution < 1.29 is 4.79 Å². The van der Waals surface area contributed by atoms with E-state index in [0.717, 1.165) is 23.3 Å². The van der Waals surface area contributed by atoms with E-state index in [1.54, 1.807) is 11.8 Å². The fourth-order valence-electron chi connectivity index (χ4n) is 3.24. The molecule has 3 heteroatoms. The molecule has 1 fully saturated rings. The van der Waals surface area contributed by atoms with E-state index in [1.165, 1.54) is 25.7 Å². The first-order valence-corrected chi connectivity index (χ1v) is 9.78. The van der Waals surface area contributed by atoms with E-state index in [4.69, 9.17) is 0 Å². The van der Waals surface area contributed by atoms with E-state index in [0.29, 0.717) is 6.04 Å². The lowest BCUT2D eigenvalue weighted by Gasteiger charge is -2.22. The van der Waals surface area contributed by atoms with Gasteiger partial charge in [-0.1, -0.05) is 74.2 Å². The molecule has 2 nitrogen and oxygen atoms in total. The third-order valence-electron chi connectivity index (χ3n) is 4.54. The van der Waals surface area contributed by atoms with Crippen LogP contribution in [0.4, 0.5) is 0 Å². The Bertz CT molecular complexity index is 621. The Morgan fingerprint density at radius 3 is 2.08 bits per heavy atom. The van der Waals surface area contributed by atoms with Crippen LogP contribution in [0, 0.1) is 0 Å². The molecular weight excluding hydrogens is 314 g/mol. The molecule has 1 atom stereocenters. The summed E-state index contributed by atoms with van der Waals surface area (Å²) in [4.78, 5) is 14.1. The fraction of sp³-hybridized carbons (Fsp3) is 0.381. The number of hydrogen-bond acceptors (Lipinski definition) is 2. The molecule has 1 N–H and O–H groups in total. The average molecular weight is 340 g/mol. The number of nitrogens with one attached hydrogen (secondary N) is 1. The largest absolute Gasteiger partial charge is 0.352 e. The molecule has 0 spiro atoms. The third-order valence-corrected chi connectivity index (χ3v) is 5.81. The Morgan fingerprint density at radius 2 is 1.46 bits per heavy atom. The van der Waals surface area contributed by atoms with Crippen molar-refractivity contribution in [2.45, 2.75) is 54.7 Å². The maximum absolute atomic E-state index is 13.0. The van der Waals surface area contributed by atoms with Crippen molar-refractivity contribution in [3.63, 3.8) is 0 Å². The van der Waals surface area contributed by atoms with Gasteiger partial charge in [-0.15, -0.1) is 11.8 Å². The lowest BCUT2D eigenvalue weighted by molar-refractivity contribution is -0.121. The van der Waals surface area contributed by atoms with E-state index in [9.17, 15) is 4.79 Å². The molecule has 2 aromatic rings. The zero-order chi connectivity index (χ0) is 16.6. The van der Waals surface area contributed by atoms with Crippen molar-refractivity contribution in [3.8, 4) is 0 Å². The van der Waals surface area contributed by atoms with Gasteiger partial charge in [0.05, 0.1) is 0 Å². The monoisotopic (exact) mass is 339 g/mol. The van der Waals surface area contributed by atoms with Crippen LogP contribution >= 0.6 is 11.8 Å². The normalized spacial score (nSPS) is 17.0. The van der Waals surface area contributed by atoms with Crippen LogP contribution in [0.25, 0.3) is 0 Å². The molecule has 0 aromatic heterocycles. The van der Waals surface area contributed by atoms with Crippen LogP contribution in [0.2, 0.25) is 0 Å². The molecular formula is C21H25NOS. The van der Waals surface area contributed by atoms with Crippen molar-refractivity contribution in [3.05, 3.63) is 66.2 Å². The highest BCUT2D eigenvalue weighted by molar-refractivity contribution is 8.00. The summed E-state index contributed by atoms with van der Waals surface area (Å²) in [5.41, 5.74) is 1.07. The first-order valence-electron chi connectivity index (χ1n) is 8.90. The Labute approximate surface area is 149 Å². The highest BCUT2D eigenvalue weighted by Crippen LogP contribution is 2.35. The number of hydrogen-bond donors (Lipinski definition) is 1. The number of thioether (sulfide) groups is 1. The molecule has 0 aliphatic heterocycles. The molecule has 3 rings (SSSR count). The Kier molecular flexibility index (Phi) is 6.36. The molecule has 1 saturated carbocycles. The van der Waals surface area contributed by atoms with Gasteiger partial charge in [0.25, 0.3) is 0 Å². The first kappa shape index (κ1) is 17.1. The number of amides is 1. The van der Waals surface area contributed by atoms with E-state index >= 15 is 0 Å². The highest BCUT2D eigenvalue weighted by atomic mass is 32.2. The summed E-state index contributed by atoms with van der Waals surface area (Å²) in [5, 5.41) is 3.12. The van der Waals surface area contributed by atoms with Crippen LogP contribution in [0.3, 0.4) is 0 Å². The molecule has 1 aliphatic carbocycles. The van der Waals surface area contributed by atoms with Crippen LogP contribution in [-0.4, -0.2) is 11.9 Å². The number of benzene rings is 2. The van der Waals surface area contributed by atoms with Crippen molar-refractivity contribution in [2.75, 3.05) is 0 Å². The predicted molar refractivity (Wildman–Crippen MR) is 101 cm³/mol. The van der Waals surface area contributed by atoms with Crippen LogP contribution in [0.1, 0.15) is 49.3 Å². The second-order valence-electron chi connectivity index (χ2n) is 6.42. The van der Waals surface area contributed by atoms with Gasteiger partial charge >= 0.3 is 0 Å². The summed E-state index contributed by atoms with van der Waals surface area (Å²) in [6.07, 6.45) is 7.28. The Hall–Kier alpha value is -1.74. The third kappa shape index (κ3) is 4.88. The summed E-state index contributed by atoms with van der Waals surface area (Å²) >= 11 is 1.63. The number of carbonyl (C=O) groups excluding carboxylic acids is 1. The first-order chi connectivity index (χ1) is 11.8. The minimum absolute atomic E-state index is 0.141. The van der Waals surface area contributed by atoms with Gasteiger partial charge in [-0.2, -0.15) is 0 Å². The molecule has 0 saturated heterocycles. The molecule has 2 aromatic carbocycles. The SMILES string of the molecule is O=C(NC1CCCCCC1)[C@@H](Sc1ccccc1)c1ccccc1. The van der Waals surface area contributed by atoms with E-state index in [2.05, 4.69) is 17.4 Å². The molecule has 0 radical (unpaired) electrons.